The van der Waals surface area contributed by atoms with Gasteiger partial charge in [-0.15, -0.1) is 0 Å². The number of benzene rings is 3. The highest BCUT2D eigenvalue weighted by Gasteiger charge is 2.44. The van der Waals surface area contributed by atoms with Crippen LogP contribution in [0.4, 0.5) is 17.1 Å². The summed E-state index contributed by atoms with van der Waals surface area (Å²) in [6, 6.07) is 24.8. The maximum absolute atomic E-state index is 13.6. The zero-order chi connectivity index (χ0) is 38.8. The van der Waals surface area contributed by atoms with Gasteiger partial charge in [0.15, 0.2) is 0 Å². The van der Waals surface area contributed by atoms with Gasteiger partial charge in [-0.1, -0.05) is 23.7 Å². The van der Waals surface area contributed by atoms with E-state index >= 15 is 0 Å². The van der Waals surface area contributed by atoms with E-state index in [0.717, 1.165) is 114 Å². The molecule has 10 nitrogen and oxygen atoms in total. The molecule has 5 fully saturated rings. The lowest BCUT2D eigenvalue weighted by molar-refractivity contribution is -0.133. The van der Waals surface area contributed by atoms with Gasteiger partial charge in [0.2, 0.25) is 11.8 Å². The number of nitriles is 1. The largest absolute Gasteiger partial charge is 0.374 e. The predicted molar refractivity (Wildman–Crippen MR) is 221 cm³/mol. The number of halogens is 1. The molecule has 56 heavy (non-hydrogen) atoms. The molecule has 5 aliphatic heterocycles. The molecule has 0 saturated carbocycles. The van der Waals surface area contributed by atoms with E-state index in [-0.39, 0.29) is 29.2 Å². The van der Waals surface area contributed by atoms with Gasteiger partial charge in [-0.3, -0.25) is 19.7 Å². The first-order valence-corrected chi connectivity index (χ1v) is 21.1. The van der Waals surface area contributed by atoms with Crippen molar-refractivity contribution in [3.63, 3.8) is 0 Å². The highest BCUT2D eigenvalue weighted by molar-refractivity contribution is 6.32. The second-order valence-corrected chi connectivity index (χ2v) is 17.5. The normalized spacial score (nSPS) is 23.6. The summed E-state index contributed by atoms with van der Waals surface area (Å²) in [6.45, 7) is 10.2. The van der Waals surface area contributed by atoms with Crippen molar-refractivity contribution in [2.75, 3.05) is 67.5 Å². The third-order valence-corrected chi connectivity index (χ3v) is 13.7. The third-order valence-electron chi connectivity index (χ3n) is 13.4. The van der Waals surface area contributed by atoms with E-state index in [4.69, 9.17) is 11.6 Å². The van der Waals surface area contributed by atoms with Gasteiger partial charge >= 0.3 is 0 Å². The van der Waals surface area contributed by atoms with Crippen LogP contribution in [0, 0.1) is 22.7 Å². The number of carbonyl (C=O) groups is 3. The van der Waals surface area contributed by atoms with Crippen molar-refractivity contribution in [1.29, 1.82) is 5.26 Å². The van der Waals surface area contributed by atoms with E-state index in [2.05, 4.69) is 68.7 Å². The summed E-state index contributed by atoms with van der Waals surface area (Å²) >= 11 is 6.38. The molecule has 5 saturated heterocycles. The Morgan fingerprint density at radius 2 is 1.64 bits per heavy atom. The second-order valence-electron chi connectivity index (χ2n) is 17.1. The summed E-state index contributed by atoms with van der Waals surface area (Å²) in [5, 5.41) is 15.6. The van der Waals surface area contributed by atoms with E-state index in [1.54, 1.807) is 0 Å². The molecule has 0 bridgehead atoms. The molecule has 5 heterocycles. The number of hydrogen-bond acceptors (Lipinski definition) is 8. The van der Waals surface area contributed by atoms with Crippen LogP contribution in [0.2, 0.25) is 5.02 Å². The number of amides is 3. The van der Waals surface area contributed by atoms with Gasteiger partial charge in [-0.05, 0) is 149 Å². The van der Waals surface area contributed by atoms with Crippen LogP contribution in [0.15, 0.2) is 66.7 Å². The van der Waals surface area contributed by atoms with Crippen molar-refractivity contribution in [3.05, 3.63) is 88.4 Å². The molecule has 8 rings (SSSR count). The van der Waals surface area contributed by atoms with Crippen molar-refractivity contribution < 1.29 is 14.4 Å². The molecule has 0 radical (unpaired) electrons. The molecule has 1 spiro atoms. The van der Waals surface area contributed by atoms with Gasteiger partial charge in [0.1, 0.15) is 12.1 Å². The maximum atomic E-state index is 13.6. The average molecular weight is 776 g/mol. The van der Waals surface area contributed by atoms with Crippen molar-refractivity contribution in [1.82, 2.24) is 15.1 Å². The van der Waals surface area contributed by atoms with Crippen LogP contribution in [-0.2, 0) is 9.59 Å². The quantitative estimate of drug-likeness (QED) is 0.235. The number of rotatable bonds is 8. The van der Waals surface area contributed by atoms with Crippen LogP contribution in [0.3, 0.4) is 0 Å². The first-order valence-electron chi connectivity index (χ1n) is 20.7. The van der Waals surface area contributed by atoms with Gasteiger partial charge in [0.25, 0.3) is 5.91 Å². The lowest BCUT2D eigenvalue weighted by atomic mass is 9.76. The summed E-state index contributed by atoms with van der Waals surface area (Å²) in [7, 11) is 0. The van der Waals surface area contributed by atoms with E-state index < -0.39 is 0 Å². The molecular weight excluding hydrogens is 722 g/mol. The fourth-order valence-electron chi connectivity index (χ4n) is 10.1. The number of piperidine rings is 4. The van der Waals surface area contributed by atoms with Gasteiger partial charge in [0, 0.05) is 74.4 Å². The number of nitrogens with one attached hydrogen (secondary N) is 2. The Morgan fingerprint density at radius 3 is 2.34 bits per heavy atom. The van der Waals surface area contributed by atoms with Gasteiger partial charge in [-0.2, -0.15) is 5.26 Å². The van der Waals surface area contributed by atoms with Crippen molar-refractivity contribution in [2.24, 2.45) is 11.3 Å². The van der Waals surface area contributed by atoms with Crippen LogP contribution in [0.25, 0.3) is 0 Å². The first-order chi connectivity index (χ1) is 27.1. The van der Waals surface area contributed by atoms with Crippen LogP contribution in [-0.4, -0.2) is 92.0 Å². The molecule has 3 amide bonds. The molecule has 3 aromatic carbocycles. The summed E-state index contributed by atoms with van der Waals surface area (Å²) in [5.41, 5.74) is 6.12. The zero-order valence-corrected chi connectivity index (χ0v) is 33.3. The van der Waals surface area contributed by atoms with Crippen LogP contribution in [0.1, 0.15) is 92.1 Å². The van der Waals surface area contributed by atoms with Gasteiger partial charge in [0.05, 0.1) is 10.6 Å². The summed E-state index contributed by atoms with van der Waals surface area (Å²) < 4.78 is 0. The highest BCUT2D eigenvalue weighted by atomic mass is 35.5. The molecule has 5 aliphatic rings. The SMILES string of the molecule is C[C@@H]1CC2(CCN(c3ccc(C(=O)N4CCC(CN5CCC(c6cccc(NC7CCC(=O)NC7=O)c6)CC5)CC4)cc3)CC2)CN1c1ccc(C#N)c(Cl)c1. The summed E-state index contributed by atoms with van der Waals surface area (Å²) in [5.74, 6) is 0.811. The fourth-order valence-corrected chi connectivity index (χ4v) is 10.3. The minimum atomic E-state index is -0.371. The number of hydrogen-bond donors (Lipinski definition) is 2. The molecule has 1 unspecified atom stereocenters. The Balaban J connectivity index is 0.762. The number of likely N-dealkylation sites (tertiary alicyclic amines) is 2. The van der Waals surface area contributed by atoms with Crippen LogP contribution in [0.5, 0.6) is 0 Å². The number of nitrogens with zero attached hydrogens (tertiary/aromatic N) is 5. The number of imide groups is 1. The zero-order valence-electron chi connectivity index (χ0n) is 32.5. The standard InChI is InChI=1S/C45H54ClN7O3/c1-31-27-45(30-53(31)39-10-7-36(28-47)40(46)26-39)17-23-51(24-18-45)38-8-5-34(6-9-38)44(56)52-21-13-32(14-22-52)29-50-19-15-33(16-20-50)35-3-2-4-37(25-35)48-41-11-12-42(54)49-43(41)55/h2-10,25-26,31-33,41,48H,11-24,27,29-30H2,1H3,(H,49,54,55)/t31-,41?/m1/s1. The second kappa shape index (κ2) is 16.5. The van der Waals surface area contributed by atoms with E-state index in [1.165, 1.54) is 11.3 Å². The van der Waals surface area contributed by atoms with Crippen molar-refractivity contribution in [2.45, 2.75) is 82.7 Å². The van der Waals surface area contributed by atoms with Gasteiger partial charge in [-0.25, -0.2) is 0 Å². The smallest absolute Gasteiger partial charge is 0.253 e. The molecule has 2 atom stereocenters. The molecule has 3 aromatic rings. The molecule has 0 aromatic heterocycles. The monoisotopic (exact) mass is 775 g/mol. The Bertz CT molecular complexity index is 1960. The minimum Gasteiger partial charge on any atom is -0.374 e. The molecule has 2 N–H and O–H groups in total. The fraction of sp³-hybridized carbons (Fsp3) is 0.511. The average Bonchev–Trinajstić information content (AvgIpc) is 3.54. The number of anilines is 3. The van der Waals surface area contributed by atoms with Crippen molar-refractivity contribution >= 4 is 46.4 Å². The Morgan fingerprint density at radius 1 is 0.911 bits per heavy atom. The third kappa shape index (κ3) is 8.40. The summed E-state index contributed by atoms with van der Waals surface area (Å²) in [6.07, 6.45) is 8.62. The predicted octanol–water partition coefficient (Wildman–Crippen LogP) is 7.05. The Labute approximate surface area is 336 Å². The summed E-state index contributed by atoms with van der Waals surface area (Å²) in [4.78, 5) is 46.9. The topological polar surface area (TPSA) is 112 Å². The van der Waals surface area contributed by atoms with E-state index in [0.29, 0.717) is 41.3 Å². The molecule has 11 heteroatoms. The molecule has 0 aliphatic carbocycles. The lowest BCUT2D eigenvalue weighted by Crippen LogP contribution is -2.47. The Hall–Kier alpha value is -4.59. The van der Waals surface area contributed by atoms with E-state index in [1.807, 2.05) is 41.3 Å². The molecule has 294 valence electrons. The van der Waals surface area contributed by atoms with Crippen LogP contribution < -0.4 is 20.4 Å². The van der Waals surface area contributed by atoms with E-state index in [9.17, 15) is 19.6 Å². The van der Waals surface area contributed by atoms with Gasteiger partial charge < -0.3 is 24.9 Å². The number of carbonyl (C=O) groups excluding carboxylic acids is 3. The molecular formula is C45H54ClN7O3. The highest BCUT2D eigenvalue weighted by Crippen LogP contribution is 2.46. The lowest BCUT2D eigenvalue weighted by Gasteiger charge is -2.40. The van der Waals surface area contributed by atoms with Crippen LogP contribution >= 0.6 is 11.6 Å². The maximum Gasteiger partial charge on any atom is 0.253 e. The van der Waals surface area contributed by atoms with Crippen molar-refractivity contribution in [3.8, 4) is 6.07 Å². The first kappa shape index (κ1) is 38.3. The minimum absolute atomic E-state index is 0.144. The Kier molecular flexibility index (Phi) is 11.3.